The van der Waals surface area contributed by atoms with Gasteiger partial charge in [-0.1, -0.05) is 0 Å². The highest BCUT2D eigenvalue weighted by molar-refractivity contribution is 7.29. The standard InChI is InChI=1S/C15H29N8O5P/c16-6-1-11(23-5-19-12-13(23)20-15(18)21-14(12)25)28-9(6)4-26-29-22-7-2-10(17)27-8(7)3-24/h6-11,15,19-20,22,24,29H,1-5,16-18H2,(H,21,25)/t6-,7?,8-,9-,10-,11-,15?/m1/s1. The fraction of sp³-hybridized carbons (Fsp3) is 0.800. The van der Waals surface area contributed by atoms with Gasteiger partial charge >= 0.3 is 0 Å². The lowest BCUT2D eigenvalue weighted by Gasteiger charge is -2.31. The molecular weight excluding hydrogens is 403 g/mol. The maximum Gasteiger partial charge on any atom is 0.273 e. The lowest BCUT2D eigenvalue weighted by Crippen LogP contribution is -2.57. The molecule has 0 aromatic carbocycles. The average molecular weight is 432 g/mol. The molecule has 29 heavy (non-hydrogen) atoms. The molecule has 8 atom stereocenters. The van der Waals surface area contributed by atoms with Crippen LogP contribution in [-0.2, 0) is 18.8 Å². The van der Waals surface area contributed by atoms with Crippen LogP contribution in [0.1, 0.15) is 12.8 Å². The molecule has 0 aromatic rings. The molecule has 0 spiro atoms. The second-order valence-electron chi connectivity index (χ2n) is 7.45. The fourth-order valence-electron chi connectivity index (χ4n) is 3.90. The summed E-state index contributed by atoms with van der Waals surface area (Å²) >= 11 is 0. The second-order valence-corrected chi connectivity index (χ2v) is 8.23. The SMILES string of the molecule is NC1NC(=O)C2=C(N1)N([C@H]1C[C@@H](N)[C@@H](COPNC3C[C@H](N)O[C@@H]3CO)O1)CN2. The molecule has 2 saturated heterocycles. The number of carbonyl (C=O) groups is 1. The number of rotatable bonds is 7. The number of aliphatic hydroxyl groups excluding tert-OH is 1. The molecule has 14 heteroatoms. The van der Waals surface area contributed by atoms with Gasteiger partial charge in [0, 0.05) is 24.9 Å². The Morgan fingerprint density at radius 2 is 2.07 bits per heavy atom. The zero-order chi connectivity index (χ0) is 20.5. The van der Waals surface area contributed by atoms with Crippen molar-refractivity contribution in [1.82, 2.24) is 25.9 Å². The first kappa shape index (κ1) is 21.0. The normalized spacial score (nSPS) is 39.8. The molecule has 1 amide bonds. The smallest absolute Gasteiger partial charge is 0.273 e. The lowest BCUT2D eigenvalue weighted by atomic mass is 10.1. The molecule has 0 bridgehead atoms. The van der Waals surface area contributed by atoms with E-state index < -0.39 is 6.29 Å². The second kappa shape index (κ2) is 8.84. The average Bonchev–Trinajstić information content (AvgIpc) is 3.35. The Morgan fingerprint density at radius 3 is 2.86 bits per heavy atom. The van der Waals surface area contributed by atoms with Crippen molar-refractivity contribution in [3.63, 3.8) is 0 Å². The van der Waals surface area contributed by atoms with Crippen LogP contribution in [0.4, 0.5) is 0 Å². The Labute approximate surface area is 169 Å². The summed E-state index contributed by atoms with van der Waals surface area (Å²) in [5.74, 6) is 0.371. The van der Waals surface area contributed by atoms with E-state index in [-0.39, 0.29) is 58.2 Å². The first-order valence-corrected chi connectivity index (χ1v) is 10.5. The summed E-state index contributed by atoms with van der Waals surface area (Å²) in [4.78, 5) is 13.9. The Hall–Kier alpha value is -1.28. The van der Waals surface area contributed by atoms with E-state index in [4.69, 9.17) is 31.2 Å². The number of hydrogen-bond donors (Lipinski definition) is 8. The van der Waals surface area contributed by atoms with Gasteiger partial charge in [-0.3, -0.25) is 15.6 Å². The van der Waals surface area contributed by atoms with Crippen molar-refractivity contribution in [1.29, 1.82) is 0 Å². The van der Waals surface area contributed by atoms with Gasteiger partial charge in [0.25, 0.3) is 5.91 Å². The summed E-state index contributed by atoms with van der Waals surface area (Å²) in [6.45, 7) is 0.662. The van der Waals surface area contributed by atoms with Gasteiger partial charge in [-0.2, -0.15) is 0 Å². The van der Waals surface area contributed by atoms with Gasteiger partial charge in [0.05, 0.1) is 41.0 Å². The Balaban J connectivity index is 1.25. The van der Waals surface area contributed by atoms with Crippen LogP contribution in [0, 0.1) is 0 Å². The van der Waals surface area contributed by atoms with Crippen LogP contribution in [0.5, 0.6) is 0 Å². The highest BCUT2D eigenvalue weighted by atomic mass is 31.1. The number of hydrogen-bond acceptors (Lipinski definition) is 12. The number of aliphatic hydroxyl groups is 1. The van der Waals surface area contributed by atoms with Gasteiger partial charge in [0.15, 0.2) is 6.29 Å². The molecule has 0 saturated carbocycles. The monoisotopic (exact) mass is 432 g/mol. The van der Waals surface area contributed by atoms with Crippen molar-refractivity contribution in [3.05, 3.63) is 11.5 Å². The van der Waals surface area contributed by atoms with Crippen molar-refractivity contribution in [2.75, 3.05) is 19.9 Å². The van der Waals surface area contributed by atoms with E-state index in [0.717, 1.165) is 0 Å². The van der Waals surface area contributed by atoms with Crippen LogP contribution < -0.4 is 38.2 Å². The summed E-state index contributed by atoms with van der Waals surface area (Å²) in [5, 5.41) is 21.2. The number of nitrogens with one attached hydrogen (secondary N) is 4. The third kappa shape index (κ3) is 4.43. The van der Waals surface area contributed by atoms with Crippen molar-refractivity contribution < 1.29 is 23.9 Å². The molecule has 3 unspecified atom stereocenters. The predicted molar refractivity (Wildman–Crippen MR) is 103 cm³/mol. The molecule has 0 aliphatic carbocycles. The number of nitrogens with zero attached hydrogens (tertiary/aromatic N) is 1. The Bertz CT molecular complexity index is 656. The van der Waals surface area contributed by atoms with Crippen molar-refractivity contribution in [3.8, 4) is 0 Å². The molecular formula is C15H29N8O5P. The zero-order valence-corrected chi connectivity index (χ0v) is 16.8. The van der Waals surface area contributed by atoms with Crippen molar-refractivity contribution in [2.24, 2.45) is 17.2 Å². The van der Waals surface area contributed by atoms with E-state index in [2.05, 4.69) is 21.0 Å². The molecule has 4 heterocycles. The van der Waals surface area contributed by atoms with Crippen LogP contribution in [-0.4, -0.2) is 78.8 Å². The molecule has 0 aromatic heterocycles. The summed E-state index contributed by atoms with van der Waals surface area (Å²) in [6.07, 6.45) is -0.710. The van der Waals surface area contributed by atoms with E-state index in [1.807, 2.05) is 4.90 Å². The molecule has 11 N–H and O–H groups in total. The third-order valence-electron chi connectivity index (χ3n) is 5.42. The topological polar surface area (TPSA) is 194 Å². The van der Waals surface area contributed by atoms with Gasteiger partial charge in [-0.25, -0.2) is 0 Å². The number of nitrogens with two attached hydrogens (primary N) is 3. The third-order valence-corrected chi connectivity index (χ3v) is 6.22. The zero-order valence-electron chi connectivity index (χ0n) is 15.8. The highest BCUT2D eigenvalue weighted by Crippen LogP contribution is 2.29. The molecule has 0 radical (unpaired) electrons. The quantitative estimate of drug-likeness (QED) is 0.144. The van der Waals surface area contributed by atoms with E-state index >= 15 is 0 Å². The van der Waals surface area contributed by atoms with Gasteiger partial charge in [-0.15, -0.1) is 0 Å². The number of amides is 1. The molecule has 164 valence electrons. The van der Waals surface area contributed by atoms with Gasteiger partial charge in [0.1, 0.15) is 24.0 Å². The van der Waals surface area contributed by atoms with E-state index in [9.17, 15) is 9.90 Å². The molecule has 4 aliphatic heterocycles. The van der Waals surface area contributed by atoms with Gasteiger partial charge < -0.3 is 51.4 Å². The van der Waals surface area contributed by atoms with Crippen LogP contribution in [0.25, 0.3) is 0 Å². The van der Waals surface area contributed by atoms with Crippen LogP contribution >= 0.6 is 8.96 Å². The first-order valence-electron chi connectivity index (χ1n) is 9.59. The van der Waals surface area contributed by atoms with Crippen molar-refractivity contribution >= 4 is 14.9 Å². The highest BCUT2D eigenvalue weighted by Gasteiger charge is 2.42. The summed E-state index contributed by atoms with van der Waals surface area (Å²) in [6, 6.07) is -0.248. The number of ether oxygens (including phenoxy) is 2. The predicted octanol–water partition coefficient (Wildman–Crippen LogP) is -4.03. The van der Waals surface area contributed by atoms with Crippen LogP contribution in [0.3, 0.4) is 0 Å². The van der Waals surface area contributed by atoms with E-state index in [1.54, 1.807) is 0 Å². The lowest BCUT2D eigenvalue weighted by molar-refractivity contribution is -0.119. The maximum atomic E-state index is 12.0. The Morgan fingerprint density at radius 1 is 1.24 bits per heavy atom. The number of carbonyl (C=O) groups excluding carboxylic acids is 1. The van der Waals surface area contributed by atoms with E-state index in [0.29, 0.717) is 37.6 Å². The van der Waals surface area contributed by atoms with Crippen LogP contribution in [0.2, 0.25) is 0 Å². The molecule has 4 aliphatic rings. The van der Waals surface area contributed by atoms with Gasteiger partial charge in [0.2, 0.25) is 0 Å². The van der Waals surface area contributed by atoms with Crippen molar-refractivity contribution in [2.45, 2.75) is 55.9 Å². The minimum Gasteiger partial charge on any atom is -0.394 e. The largest absolute Gasteiger partial charge is 0.394 e. The minimum atomic E-state index is -0.652. The maximum absolute atomic E-state index is 12.0. The summed E-state index contributed by atoms with van der Waals surface area (Å²) < 4.78 is 17.2. The Kier molecular flexibility index (Phi) is 6.39. The first-order chi connectivity index (χ1) is 14.0. The summed E-state index contributed by atoms with van der Waals surface area (Å²) in [5.41, 5.74) is 18.3. The van der Waals surface area contributed by atoms with Crippen LogP contribution in [0.15, 0.2) is 11.5 Å². The molecule has 2 fully saturated rings. The molecule has 4 rings (SSSR count). The summed E-state index contributed by atoms with van der Waals surface area (Å²) in [7, 11) is 0.00481. The van der Waals surface area contributed by atoms with E-state index in [1.165, 1.54) is 0 Å². The molecule has 13 nitrogen and oxygen atoms in total. The fourth-order valence-corrected chi connectivity index (χ4v) is 4.69. The van der Waals surface area contributed by atoms with Gasteiger partial charge in [-0.05, 0) is 0 Å². The minimum absolute atomic E-state index is 0.00481.